The predicted octanol–water partition coefficient (Wildman–Crippen LogP) is 31.9. The summed E-state index contributed by atoms with van der Waals surface area (Å²) in [4.78, 5) is 2.45. The third-order valence-electron chi connectivity index (χ3n) is 28.1. The summed E-state index contributed by atoms with van der Waals surface area (Å²) in [6.45, 7) is 24.1. The third kappa shape index (κ3) is 11.1. The first-order chi connectivity index (χ1) is 55.0. The minimum Gasteiger partial charge on any atom is -0.455 e. The highest BCUT2D eigenvalue weighted by Gasteiger charge is 2.45. The second-order valence-electron chi connectivity index (χ2n) is 36.0. The second kappa shape index (κ2) is 27.1. The molecule has 0 fully saturated rings. The molecule has 20 rings (SSSR count). The molecule has 0 unspecified atom stereocenters. The van der Waals surface area contributed by atoms with E-state index in [0.29, 0.717) is 0 Å². The first-order valence-electron chi connectivity index (χ1n) is 42.6. The number of fused-ring (bicyclic) bond motifs is 21. The van der Waals surface area contributed by atoms with E-state index < -0.39 is 0 Å². The van der Waals surface area contributed by atoms with Crippen LogP contribution in [-0.4, -0.2) is 0 Å². The van der Waals surface area contributed by atoms with Crippen molar-refractivity contribution in [1.29, 1.82) is 0 Å². The molecule has 0 N–H and O–H groups in total. The van der Waals surface area contributed by atoms with Crippen LogP contribution in [0.2, 0.25) is 0 Å². The topological polar surface area (TPSA) is 16.4 Å². The summed E-state index contributed by atoms with van der Waals surface area (Å²) in [7, 11) is 0. The maximum absolute atomic E-state index is 7.12. The lowest BCUT2D eigenvalue weighted by atomic mass is 9.70. The van der Waals surface area contributed by atoms with Gasteiger partial charge in [0, 0.05) is 49.4 Å². The molecule has 15 aromatic rings. The Labute approximate surface area is 669 Å². The van der Waals surface area contributed by atoms with Crippen molar-refractivity contribution in [3.05, 3.63) is 329 Å². The van der Waals surface area contributed by atoms with Crippen molar-refractivity contribution in [2.45, 2.75) is 186 Å². The summed E-state index contributed by atoms with van der Waals surface area (Å²) in [5.74, 6) is 0. The molecule has 1 heterocycles. The summed E-state index contributed by atoms with van der Waals surface area (Å²) >= 11 is 0. The third-order valence-corrected chi connectivity index (χ3v) is 28.1. The van der Waals surface area contributed by atoms with Crippen molar-refractivity contribution in [1.82, 2.24) is 0 Å². The van der Waals surface area contributed by atoms with Crippen molar-refractivity contribution >= 4 is 49.8 Å². The molecule has 0 spiro atoms. The van der Waals surface area contributed by atoms with Gasteiger partial charge in [0.25, 0.3) is 0 Å². The maximum atomic E-state index is 7.12. The molecule has 5 aliphatic carbocycles. The lowest BCUT2D eigenvalue weighted by Gasteiger charge is -2.33. The van der Waals surface area contributed by atoms with Crippen molar-refractivity contribution in [3.63, 3.8) is 0 Å². The van der Waals surface area contributed by atoms with Crippen molar-refractivity contribution < 1.29 is 4.42 Å². The van der Waals surface area contributed by atoms with E-state index in [-0.39, 0.29) is 27.1 Å². The monoisotopic (exact) mass is 1470 g/mol. The standard InChI is InChI=1S/C111H103NO/c1-11-13-15-17-19-30-60-111(61-31-20-18-16-14-12-2)91-38-28-26-36-82(91)89-58-48-78(68-99(89)111)77-47-57-88-87-56-46-76(66-97(87)110(9,10)98(88)67-77)75-45-55-86-85-54-44-74(64-95(85)109(7,8)96(86)65-75)73-43-53-84-83-52-42-72(62-93(83)108(5,6)94(84)63-73)70-40-50-80(51-41-70)112(79-33-22-21-23-34-79)101-69-100-105(106-104(101)90-37-27-29-39-102(90)113-106)103-81-35-25-24-32-71(81)49-59-92(103)107(100,3)4/h21-29,32-59,62-69H,11-20,30-31,60-61H2,1-10H3. The van der Waals surface area contributed by atoms with Crippen LogP contribution in [0.25, 0.3) is 133 Å². The van der Waals surface area contributed by atoms with Crippen LogP contribution in [-0.2, 0) is 27.1 Å². The molecule has 1 aromatic heterocycles. The number of hydrogen-bond acceptors (Lipinski definition) is 2. The maximum Gasteiger partial charge on any atom is 0.145 e. The van der Waals surface area contributed by atoms with Gasteiger partial charge in [-0.05, 0) is 253 Å². The summed E-state index contributed by atoms with van der Waals surface area (Å²) in [5.41, 5.74) is 42.1. The Hall–Kier alpha value is -11.1. The largest absolute Gasteiger partial charge is 0.455 e. The van der Waals surface area contributed by atoms with Gasteiger partial charge in [-0.3, -0.25) is 0 Å². The fraction of sp³-hybridized carbons (Fsp3) is 0.261. The lowest BCUT2D eigenvalue weighted by Crippen LogP contribution is -2.25. The zero-order valence-electron chi connectivity index (χ0n) is 67.7. The molecule has 0 amide bonds. The smallest absolute Gasteiger partial charge is 0.145 e. The summed E-state index contributed by atoms with van der Waals surface area (Å²) in [6, 6.07) is 106. The number of nitrogens with zero attached hydrogens (tertiary/aromatic N) is 1. The lowest BCUT2D eigenvalue weighted by molar-refractivity contribution is 0.398. The van der Waals surface area contributed by atoms with Gasteiger partial charge < -0.3 is 9.32 Å². The van der Waals surface area contributed by atoms with E-state index >= 15 is 0 Å². The van der Waals surface area contributed by atoms with Crippen LogP contribution in [0.15, 0.2) is 277 Å². The van der Waals surface area contributed by atoms with Crippen LogP contribution in [0.5, 0.6) is 0 Å². The fourth-order valence-electron chi connectivity index (χ4n) is 21.8. The number of benzene rings is 14. The first kappa shape index (κ1) is 71.0. The number of furan rings is 1. The minimum atomic E-state index is -0.273. The first-order valence-corrected chi connectivity index (χ1v) is 42.6. The fourth-order valence-corrected chi connectivity index (χ4v) is 21.8. The van der Waals surface area contributed by atoms with E-state index in [4.69, 9.17) is 4.42 Å². The summed E-state index contributed by atoms with van der Waals surface area (Å²) in [6.07, 6.45) is 18.4. The van der Waals surface area contributed by atoms with Crippen molar-refractivity contribution in [3.8, 4) is 100 Å². The van der Waals surface area contributed by atoms with Gasteiger partial charge in [0.2, 0.25) is 0 Å². The van der Waals surface area contributed by atoms with E-state index in [2.05, 4.69) is 347 Å². The van der Waals surface area contributed by atoms with Gasteiger partial charge in [-0.25, -0.2) is 0 Å². The highest BCUT2D eigenvalue weighted by atomic mass is 16.3. The zero-order chi connectivity index (χ0) is 76.9. The molecular formula is C111H103NO. The molecule has 0 aliphatic heterocycles. The van der Waals surface area contributed by atoms with E-state index in [0.717, 1.165) is 39.0 Å². The zero-order valence-corrected chi connectivity index (χ0v) is 67.7. The number of rotatable bonds is 21. The molecule has 14 aromatic carbocycles. The van der Waals surface area contributed by atoms with Crippen LogP contribution in [0, 0.1) is 0 Å². The Morgan fingerprint density at radius 1 is 0.265 bits per heavy atom. The van der Waals surface area contributed by atoms with Gasteiger partial charge in [-0.1, -0.05) is 340 Å². The Bertz CT molecular complexity index is 6330. The molecule has 5 aliphatic rings. The van der Waals surface area contributed by atoms with E-state index in [1.165, 1.54) is 245 Å². The Morgan fingerprint density at radius 2 is 0.637 bits per heavy atom. The van der Waals surface area contributed by atoms with Crippen LogP contribution < -0.4 is 4.90 Å². The highest BCUT2D eigenvalue weighted by Crippen LogP contribution is 2.61. The van der Waals surface area contributed by atoms with Crippen molar-refractivity contribution in [2.24, 2.45) is 0 Å². The number of unbranched alkanes of at least 4 members (excludes halogenated alkanes) is 10. The molecule has 0 bridgehead atoms. The molecule has 2 heteroatoms. The molecular weight excluding hydrogens is 1360 g/mol. The van der Waals surface area contributed by atoms with Gasteiger partial charge in [0.1, 0.15) is 11.2 Å². The molecule has 0 saturated heterocycles. The molecule has 2 nitrogen and oxygen atoms in total. The van der Waals surface area contributed by atoms with Crippen LogP contribution in [0.1, 0.15) is 215 Å². The SMILES string of the molecule is CCCCCCCCC1(CCCCCCCC)c2ccccc2-c2ccc(-c3ccc4c(c3)C(C)(C)c3cc(-c5ccc6c(c5)C(C)(C)c5cc(-c7ccc8c(c7)C(C)(C)c7cc(-c9ccc(N(c%10ccccc%10)c%10cc%11c(c%12oc%13ccccc%13c%10%12)-c%10c(ccc%12ccccc%10%12)C%11(C)C)cc9)ccc7-8)ccc5-6)ccc3-4)cc21. The van der Waals surface area contributed by atoms with Crippen LogP contribution in [0.4, 0.5) is 17.1 Å². The average molecular weight is 1470 g/mol. The Kier molecular flexibility index (Phi) is 17.0. The van der Waals surface area contributed by atoms with Gasteiger partial charge >= 0.3 is 0 Å². The summed E-state index contributed by atoms with van der Waals surface area (Å²) < 4.78 is 7.12. The van der Waals surface area contributed by atoms with E-state index in [1.54, 1.807) is 11.1 Å². The second-order valence-corrected chi connectivity index (χ2v) is 36.0. The highest BCUT2D eigenvalue weighted by molar-refractivity contribution is 6.21. The molecule has 0 atom stereocenters. The predicted molar refractivity (Wildman–Crippen MR) is 480 cm³/mol. The number of hydrogen-bond donors (Lipinski definition) is 0. The summed E-state index contributed by atoms with van der Waals surface area (Å²) in [5, 5.41) is 4.74. The van der Waals surface area contributed by atoms with Crippen LogP contribution in [0.3, 0.4) is 0 Å². The normalized spacial score (nSPS) is 15.3. The van der Waals surface area contributed by atoms with Crippen molar-refractivity contribution in [2.75, 3.05) is 4.90 Å². The molecule has 0 radical (unpaired) electrons. The minimum absolute atomic E-state index is 0.0532. The number of para-hydroxylation sites is 2. The molecule has 0 saturated carbocycles. The Balaban J connectivity index is 0.564. The van der Waals surface area contributed by atoms with Crippen LogP contribution >= 0.6 is 0 Å². The van der Waals surface area contributed by atoms with Gasteiger partial charge in [0.05, 0.1) is 11.1 Å². The van der Waals surface area contributed by atoms with Gasteiger partial charge in [-0.15, -0.1) is 0 Å². The number of anilines is 3. The van der Waals surface area contributed by atoms with Gasteiger partial charge in [0.15, 0.2) is 0 Å². The van der Waals surface area contributed by atoms with Gasteiger partial charge in [-0.2, -0.15) is 0 Å². The Morgan fingerprint density at radius 3 is 1.13 bits per heavy atom. The quantitative estimate of drug-likeness (QED) is 0.0667. The molecule has 113 heavy (non-hydrogen) atoms. The average Bonchev–Trinajstić information content (AvgIpc) is 1.53. The van der Waals surface area contributed by atoms with E-state index in [1.807, 2.05) is 0 Å². The molecule has 558 valence electrons. The van der Waals surface area contributed by atoms with E-state index in [9.17, 15) is 0 Å².